The minimum absolute atomic E-state index is 0.199. The van der Waals surface area contributed by atoms with Crippen LogP contribution in [-0.2, 0) is 20.7 Å². The third-order valence-electron chi connectivity index (χ3n) is 5.01. The van der Waals surface area contributed by atoms with Gasteiger partial charge in [-0.05, 0) is 42.2 Å². The number of hydrogen-bond acceptors (Lipinski definition) is 4. The van der Waals surface area contributed by atoms with Gasteiger partial charge in [0.2, 0.25) is 0 Å². The Labute approximate surface area is 183 Å². The number of amides is 1. The zero-order valence-electron chi connectivity index (χ0n) is 17.8. The van der Waals surface area contributed by atoms with Crippen LogP contribution in [0.2, 0.25) is 0 Å². The van der Waals surface area contributed by atoms with Crippen molar-refractivity contribution in [3.05, 3.63) is 102 Å². The lowest BCUT2D eigenvalue weighted by Gasteiger charge is -2.22. The molecule has 31 heavy (non-hydrogen) atoms. The van der Waals surface area contributed by atoms with Crippen LogP contribution in [0.3, 0.4) is 0 Å². The molecule has 0 aliphatic carbocycles. The first-order chi connectivity index (χ1) is 15.1. The van der Waals surface area contributed by atoms with Crippen molar-refractivity contribution in [1.29, 1.82) is 0 Å². The maximum Gasteiger partial charge on any atom is 0.306 e. The van der Waals surface area contributed by atoms with Crippen LogP contribution >= 0.6 is 0 Å². The van der Waals surface area contributed by atoms with E-state index in [4.69, 9.17) is 9.47 Å². The summed E-state index contributed by atoms with van der Waals surface area (Å²) >= 11 is 0. The summed E-state index contributed by atoms with van der Waals surface area (Å²) < 4.78 is 10.5. The van der Waals surface area contributed by atoms with Crippen molar-refractivity contribution in [2.24, 2.45) is 0 Å². The summed E-state index contributed by atoms with van der Waals surface area (Å²) in [5, 5.41) is 3.01. The van der Waals surface area contributed by atoms with Crippen LogP contribution < -0.4 is 10.1 Å². The quantitative estimate of drug-likeness (QED) is 0.522. The second kappa shape index (κ2) is 11.0. The van der Waals surface area contributed by atoms with E-state index in [2.05, 4.69) is 5.32 Å². The summed E-state index contributed by atoms with van der Waals surface area (Å²) in [7, 11) is 1.61. The molecule has 0 bridgehead atoms. The Morgan fingerprint density at radius 2 is 1.39 bits per heavy atom. The van der Waals surface area contributed by atoms with Gasteiger partial charge in [-0.25, -0.2) is 0 Å². The molecule has 1 atom stereocenters. The van der Waals surface area contributed by atoms with Crippen molar-refractivity contribution >= 4 is 11.9 Å². The number of methoxy groups -OCH3 is 1. The summed E-state index contributed by atoms with van der Waals surface area (Å²) in [5.74, 6) is 0.0213. The molecule has 0 saturated heterocycles. The highest BCUT2D eigenvalue weighted by Crippen LogP contribution is 2.22. The first kappa shape index (κ1) is 22.1. The molecule has 0 aliphatic heterocycles. The Morgan fingerprint density at radius 1 is 0.839 bits per heavy atom. The van der Waals surface area contributed by atoms with Crippen LogP contribution in [0.25, 0.3) is 0 Å². The summed E-state index contributed by atoms with van der Waals surface area (Å²) in [5.41, 5.74) is 2.92. The van der Waals surface area contributed by atoms with Crippen LogP contribution in [0.1, 0.15) is 36.1 Å². The van der Waals surface area contributed by atoms with Gasteiger partial charge in [-0.1, -0.05) is 72.8 Å². The van der Waals surface area contributed by atoms with Gasteiger partial charge in [-0.15, -0.1) is 0 Å². The predicted molar refractivity (Wildman–Crippen MR) is 120 cm³/mol. The van der Waals surface area contributed by atoms with E-state index in [0.29, 0.717) is 6.42 Å². The maximum atomic E-state index is 12.8. The highest BCUT2D eigenvalue weighted by atomic mass is 16.5. The molecule has 0 spiro atoms. The van der Waals surface area contributed by atoms with Crippen molar-refractivity contribution in [1.82, 2.24) is 5.32 Å². The Hall–Kier alpha value is -3.60. The van der Waals surface area contributed by atoms with E-state index in [9.17, 15) is 9.59 Å². The molecule has 5 heteroatoms. The third kappa shape index (κ3) is 6.44. The zero-order chi connectivity index (χ0) is 22.1. The van der Waals surface area contributed by atoms with E-state index >= 15 is 0 Å². The molecule has 0 fully saturated rings. The highest BCUT2D eigenvalue weighted by Gasteiger charge is 2.23. The maximum absolute atomic E-state index is 12.8. The van der Waals surface area contributed by atoms with Gasteiger partial charge in [-0.2, -0.15) is 0 Å². The van der Waals surface area contributed by atoms with E-state index in [1.54, 1.807) is 14.0 Å². The van der Waals surface area contributed by atoms with E-state index in [-0.39, 0.29) is 18.4 Å². The molecule has 0 aromatic heterocycles. The fourth-order valence-corrected chi connectivity index (χ4v) is 3.26. The Kier molecular flexibility index (Phi) is 7.82. The zero-order valence-corrected chi connectivity index (χ0v) is 17.8. The molecule has 0 heterocycles. The van der Waals surface area contributed by atoms with Crippen molar-refractivity contribution in [2.45, 2.75) is 31.9 Å². The van der Waals surface area contributed by atoms with Crippen LogP contribution in [0.4, 0.5) is 0 Å². The van der Waals surface area contributed by atoms with Crippen molar-refractivity contribution in [3.63, 3.8) is 0 Å². The lowest BCUT2D eigenvalue weighted by Crippen LogP contribution is -2.38. The van der Waals surface area contributed by atoms with Gasteiger partial charge < -0.3 is 14.8 Å². The smallest absolute Gasteiger partial charge is 0.306 e. The number of carbonyl (C=O) groups is 2. The normalized spacial score (nSPS) is 11.6. The Balaban J connectivity index is 1.58. The molecule has 3 aromatic carbocycles. The van der Waals surface area contributed by atoms with Gasteiger partial charge in [0.05, 0.1) is 13.2 Å². The SMILES string of the molecule is COc1ccc(CCC(=O)O[C@H](C)C(=O)NC(c2ccccc2)c2ccccc2)cc1. The fraction of sp³-hybridized carbons (Fsp3) is 0.231. The van der Waals surface area contributed by atoms with E-state index in [0.717, 1.165) is 22.4 Å². The number of hydrogen-bond donors (Lipinski definition) is 1. The van der Waals surface area contributed by atoms with Crippen molar-refractivity contribution in [3.8, 4) is 5.75 Å². The molecular weight excluding hydrogens is 390 g/mol. The predicted octanol–water partition coefficient (Wildman–Crippen LogP) is 4.47. The van der Waals surface area contributed by atoms with Crippen molar-refractivity contribution < 1.29 is 19.1 Å². The molecule has 5 nitrogen and oxygen atoms in total. The van der Waals surface area contributed by atoms with E-state index in [1.807, 2.05) is 84.9 Å². The summed E-state index contributed by atoms with van der Waals surface area (Å²) in [6.45, 7) is 1.59. The average molecular weight is 418 g/mol. The lowest BCUT2D eigenvalue weighted by atomic mass is 9.98. The average Bonchev–Trinajstić information content (AvgIpc) is 2.82. The second-order valence-corrected chi connectivity index (χ2v) is 7.24. The molecule has 3 rings (SSSR count). The molecule has 160 valence electrons. The first-order valence-electron chi connectivity index (χ1n) is 10.3. The Morgan fingerprint density at radius 3 is 1.90 bits per heavy atom. The van der Waals surface area contributed by atoms with Gasteiger partial charge >= 0.3 is 5.97 Å². The van der Waals surface area contributed by atoms with Crippen LogP contribution in [0.15, 0.2) is 84.9 Å². The van der Waals surface area contributed by atoms with Crippen LogP contribution in [-0.4, -0.2) is 25.1 Å². The molecular formula is C26H27NO4. The summed E-state index contributed by atoms with van der Waals surface area (Å²) in [6.07, 6.45) is -0.156. The minimum Gasteiger partial charge on any atom is -0.497 e. The van der Waals surface area contributed by atoms with Gasteiger partial charge in [0.1, 0.15) is 5.75 Å². The number of rotatable bonds is 9. The van der Waals surface area contributed by atoms with Crippen LogP contribution in [0, 0.1) is 0 Å². The number of nitrogens with one attached hydrogen (secondary N) is 1. The topological polar surface area (TPSA) is 64.6 Å². The summed E-state index contributed by atoms with van der Waals surface area (Å²) in [4.78, 5) is 25.0. The largest absolute Gasteiger partial charge is 0.497 e. The van der Waals surface area contributed by atoms with Crippen molar-refractivity contribution in [2.75, 3.05) is 7.11 Å². The number of aryl methyl sites for hydroxylation is 1. The monoisotopic (exact) mass is 417 g/mol. The van der Waals surface area contributed by atoms with E-state index < -0.39 is 12.1 Å². The third-order valence-corrected chi connectivity index (χ3v) is 5.01. The Bertz CT molecular complexity index is 932. The van der Waals surface area contributed by atoms with Gasteiger partial charge in [-0.3, -0.25) is 9.59 Å². The number of carbonyl (C=O) groups excluding carboxylic acids is 2. The first-order valence-corrected chi connectivity index (χ1v) is 10.3. The number of esters is 1. The molecule has 1 N–H and O–H groups in total. The minimum atomic E-state index is -0.890. The number of benzene rings is 3. The van der Waals surface area contributed by atoms with E-state index in [1.165, 1.54) is 0 Å². The molecule has 0 saturated carbocycles. The van der Waals surface area contributed by atoms with Gasteiger partial charge in [0.25, 0.3) is 5.91 Å². The molecule has 1 amide bonds. The summed E-state index contributed by atoms with van der Waals surface area (Å²) in [6, 6.07) is 26.6. The van der Waals surface area contributed by atoms with Gasteiger partial charge in [0.15, 0.2) is 6.10 Å². The number of ether oxygens (including phenoxy) is 2. The second-order valence-electron chi connectivity index (χ2n) is 7.24. The lowest BCUT2D eigenvalue weighted by molar-refractivity contribution is -0.154. The fourth-order valence-electron chi connectivity index (χ4n) is 3.26. The molecule has 0 unspecified atom stereocenters. The van der Waals surface area contributed by atoms with Gasteiger partial charge in [0, 0.05) is 6.42 Å². The highest BCUT2D eigenvalue weighted by molar-refractivity contribution is 5.84. The van der Waals surface area contributed by atoms with Crippen LogP contribution in [0.5, 0.6) is 5.75 Å². The molecule has 0 aliphatic rings. The molecule has 3 aromatic rings. The molecule has 0 radical (unpaired) electrons. The standard InChI is InChI=1S/C26H27NO4/c1-19(31-24(28)18-15-20-13-16-23(30-2)17-14-20)26(29)27-25(21-9-5-3-6-10-21)22-11-7-4-8-12-22/h3-14,16-17,19,25H,15,18H2,1-2H3,(H,27,29)/t19-/m1/s1.